The number of hydrogen-bond donors (Lipinski definition) is 0. The third-order valence-electron chi connectivity index (χ3n) is 2.38. The van der Waals surface area contributed by atoms with Gasteiger partial charge in [-0.05, 0) is 28.1 Å². The van der Waals surface area contributed by atoms with E-state index in [-0.39, 0.29) is 6.54 Å². The molecule has 0 radical (unpaired) electrons. The molecule has 0 unspecified atom stereocenters. The van der Waals surface area contributed by atoms with Crippen molar-refractivity contribution in [2.45, 2.75) is 17.5 Å². The lowest BCUT2D eigenvalue weighted by Crippen LogP contribution is -2.13. The van der Waals surface area contributed by atoms with Gasteiger partial charge in [0.15, 0.2) is 0 Å². The third-order valence-corrected chi connectivity index (χ3v) is 3.97. The van der Waals surface area contributed by atoms with Crippen LogP contribution < -0.4 is 0 Å². The van der Waals surface area contributed by atoms with Crippen LogP contribution in [0.15, 0.2) is 23.4 Å². The molecule has 0 aliphatic carbocycles. The average Bonchev–Trinajstić information content (AvgIpc) is 2.85. The molecule has 0 saturated carbocycles. The minimum atomic E-state index is -0.413. The van der Waals surface area contributed by atoms with Crippen molar-refractivity contribution in [3.63, 3.8) is 0 Å². The van der Waals surface area contributed by atoms with Gasteiger partial charge in [0, 0.05) is 15.8 Å². The van der Waals surface area contributed by atoms with Crippen LogP contribution in [0.25, 0.3) is 0 Å². The van der Waals surface area contributed by atoms with Crippen LogP contribution in [-0.4, -0.2) is 33.3 Å². The van der Waals surface area contributed by atoms with Crippen LogP contribution in [0.5, 0.6) is 0 Å². The smallest absolute Gasteiger partial charge is 0.327 e. The topological polar surface area (TPSA) is 69.9 Å². The van der Waals surface area contributed by atoms with Crippen LogP contribution in [0.3, 0.4) is 0 Å². The van der Waals surface area contributed by atoms with Crippen molar-refractivity contribution < 1.29 is 9.53 Å². The lowest BCUT2D eigenvalue weighted by atomic mass is 10.2. The quantitative estimate of drug-likeness (QED) is 0.618. The predicted octanol–water partition coefficient (Wildman–Crippen LogP) is 2.45. The molecule has 106 valence electrons. The number of ether oxygens (including phenoxy) is 1. The first-order chi connectivity index (χ1) is 9.60. The zero-order chi connectivity index (χ0) is 14.5. The second-order valence-electron chi connectivity index (χ2n) is 3.72. The summed E-state index contributed by atoms with van der Waals surface area (Å²) in [6.07, 6.45) is 0. The van der Waals surface area contributed by atoms with Crippen molar-refractivity contribution in [2.24, 2.45) is 0 Å². The van der Waals surface area contributed by atoms with Crippen molar-refractivity contribution in [2.75, 3.05) is 7.11 Å². The Labute approximate surface area is 129 Å². The standard InChI is InChI=1S/C11H10Cl2N4O2S/c1-19-10(18)5-17-11(14-15-16-17)20-6-7-2-3-8(12)4-9(7)13/h2-4H,5-6H2,1H3. The highest BCUT2D eigenvalue weighted by Crippen LogP contribution is 2.27. The molecule has 0 amide bonds. The van der Waals surface area contributed by atoms with E-state index in [0.717, 1.165) is 5.56 Å². The zero-order valence-electron chi connectivity index (χ0n) is 10.4. The largest absolute Gasteiger partial charge is 0.468 e. The Morgan fingerprint density at radius 1 is 1.45 bits per heavy atom. The van der Waals surface area contributed by atoms with Gasteiger partial charge in [-0.1, -0.05) is 41.0 Å². The van der Waals surface area contributed by atoms with E-state index >= 15 is 0 Å². The fourth-order valence-electron chi connectivity index (χ4n) is 1.37. The molecule has 0 spiro atoms. The van der Waals surface area contributed by atoms with E-state index in [4.69, 9.17) is 23.2 Å². The van der Waals surface area contributed by atoms with Crippen LogP contribution in [0, 0.1) is 0 Å². The van der Waals surface area contributed by atoms with Crippen LogP contribution in [0.1, 0.15) is 5.56 Å². The summed E-state index contributed by atoms with van der Waals surface area (Å²) < 4.78 is 5.95. The minimum Gasteiger partial charge on any atom is -0.468 e. The number of thioether (sulfide) groups is 1. The fourth-order valence-corrected chi connectivity index (χ4v) is 2.80. The first-order valence-electron chi connectivity index (χ1n) is 5.50. The zero-order valence-corrected chi connectivity index (χ0v) is 12.7. The first-order valence-corrected chi connectivity index (χ1v) is 7.24. The monoisotopic (exact) mass is 332 g/mol. The molecule has 0 saturated heterocycles. The molecule has 0 bridgehead atoms. The Balaban J connectivity index is 2.04. The molecule has 0 aliphatic rings. The summed E-state index contributed by atoms with van der Waals surface area (Å²) >= 11 is 13.3. The third kappa shape index (κ3) is 3.84. The van der Waals surface area contributed by atoms with Gasteiger partial charge in [-0.15, -0.1) is 5.10 Å². The van der Waals surface area contributed by atoms with E-state index in [1.54, 1.807) is 12.1 Å². The summed E-state index contributed by atoms with van der Waals surface area (Å²) in [4.78, 5) is 11.2. The molecule has 2 aromatic rings. The Hall–Kier alpha value is -1.31. The van der Waals surface area contributed by atoms with Crippen molar-refractivity contribution >= 4 is 40.9 Å². The van der Waals surface area contributed by atoms with Gasteiger partial charge in [-0.2, -0.15) is 0 Å². The van der Waals surface area contributed by atoms with Gasteiger partial charge >= 0.3 is 5.97 Å². The summed E-state index contributed by atoms with van der Waals surface area (Å²) in [5.41, 5.74) is 0.911. The van der Waals surface area contributed by atoms with Crippen LogP contribution in [-0.2, 0) is 21.8 Å². The molecular formula is C11H10Cl2N4O2S. The molecule has 0 N–H and O–H groups in total. The Morgan fingerprint density at radius 3 is 2.95 bits per heavy atom. The molecule has 6 nitrogen and oxygen atoms in total. The summed E-state index contributed by atoms with van der Waals surface area (Å²) in [6.45, 7) is -0.0276. The summed E-state index contributed by atoms with van der Waals surface area (Å²) in [7, 11) is 1.31. The molecule has 9 heteroatoms. The maximum absolute atomic E-state index is 11.2. The predicted molar refractivity (Wildman–Crippen MR) is 75.9 cm³/mol. The SMILES string of the molecule is COC(=O)Cn1nnnc1SCc1ccc(Cl)cc1Cl. The van der Waals surface area contributed by atoms with Crippen molar-refractivity contribution in [1.29, 1.82) is 0 Å². The first kappa shape index (κ1) is 15.1. The Kier molecular flexibility index (Phi) is 5.22. The van der Waals surface area contributed by atoms with Crippen molar-refractivity contribution in [3.05, 3.63) is 33.8 Å². The second kappa shape index (κ2) is 6.92. The molecule has 2 rings (SSSR count). The number of tetrazole rings is 1. The Bertz CT molecular complexity index is 620. The Morgan fingerprint density at radius 2 is 2.25 bits per heavy atom. The number of halogens is 2. The van der Waals surface area contributed by atoms with E-state index in [0.29, 0.717) is 21.0 Å². The van der Waals surface area contributed by atoms with Gasteiger partial charge < -0.3 is 4.74 Å². The molecule has 0 aliphatic heterocycles. The number of esters is 1. The molecule has 1 aromatic carbocycles. The summed E-state index contributed by atoms with van der Waals surface area (Å²) in [5.74, 6) is 0.154. The summed E-state index contributed by atoms with van der Waals surface area (Å²) in [6, 6.07) is 5.28. The molecule has 20 heavy (non-hydrogen) atoms. The number of hydrogen-bond acceptors (Lipinski definition) is 6. The van der Waals surface area contributed by atoms with E-state index in [1.807, 2.05) is 6.07 Å². The van der Waals surface area contributed by atoms with Crippen LogP contribution in [0.4, 0.5) is 0 Å². The van der Waals surface area contributed by atoms with Crippen molar-refractivity contribution in [1.82, 2.24) is 20.2 Å². The van der Waals surface area contributed by atoms with Crippen LogP contribution in [0.2, 0.25) is 10.0 Å². The fraction of sp³-hybridized carbons (Fsp3) is 0.273. The number of benzene rings is 1. The highest BCUT2D eigenvalue weighted by Gasteiger charge is 2.12. The van der Waals surface area contributed by atoms with E-state index < -0.39 is 5.97 Å². The molecule has 0 fully saturated rings. The number of methoxy groups -OCH3 is 1. The second-order valence-corrected chi connectivity index (χ2v) is 5.51. The highest BCUT2D eigenvalue weighted by atomic mass is 35.5. The lowest BCUT2D eigenvalue weighted by molar-refractivity contribution is -0.141. The van der Waals surface area contributed by atoms with Crippen molar-refractivity contribution in [3.8, 4) is 0 Å². The van der Waals surface area contributed by atoms with Gasteiger partial charge in [-0.25, -0.2) is 4.68 Å². The number of nitrogens with zero attached hydrogens (tertiary/aromatic N) is 4. The normalized spacial score (nSPS) is 10.6. The highest BCUT2D eigenvalue weighted by molar-refractivity contribution is 7.98. The lowest BCUT2D eigenvalue weighted by Gasteiger charge is -2.05. The van der Waals surface area contributed by atoms with Gasteiger partial charge in [0.05, 0.1) is 7.11 Å². The van der Waals surface area contributed by atoms with Gasteiger partial charge in [0.2, 0.25) is 5.16 Å². The van der Waals surface area contributed by atoms with E-state index in [1.165, 1.54) is 23.6 Å². The van der Waals surface area contributed by atoms with E-state index in [9.17, 15) is 4.79 Å². The minimum absolute atomic E-state index is 0.0276. The van der Waals surface area contributed by atoms with Crippen LogP contribution >= 0.6 is 35.0 Å². The van der Waals surface area contributed by atoms with Gasteiger partial charge in [0.1, 0.15) is 6.54 Å². The molecule has 0 atom stereocenters. The number of aromatic nitrogens is 4. The van der Waals surface area contributed by atoms with Gasteiger partial charge in [0.25, 0.3) is 0 Å². The molecule has 1 aromatic heterocycles. The average molecular weight is 333 g/mol. The number of rotatable bonds is 5. The number of carbonyl (C=O) groups is 1. The van der Waals surface area contributed by atoms with Gasteiger partial charge in [-0.3, -0.25) is 4.79 Å². The number of carbonyl (C=O) groups excluding carboxylic acids is 1. The maximum Gasteiger partial charge on any atom is 0.327 e. The summed E-state index contributed by atoms with van der Waals surface area (Å²) in [5, 5.41) is 12.8. The maximum atomic E-state index is 11.2. The van der Waals surface area contributed by atoms with E-state index in [2.05, 4.69) is 20.3 Å². The molecular weight excluding hydrogens is 323 g/mol. The molecule has 1 heterocycles.